The zero-order chi connectivity index (χ0) is 9.14. The fraction of sp³-hybridized carbons (Fsp3) is 1.00. The van der Waals surface area contributed by atoms with Gasteiger partial charge in [-0.2, -0.15) is 0 Å². The molecule has 0 atom stereocenters. The molecular formula is C15H36. The molecule has 4 saturated carbocycles. The molecule has 0 aromatic carbocycles. The minimum absolute atomic E-state index is 0. The second-order valence-electron chi connectivity index (χ2n) is 4.31. The molecule has 0 bridgehead atoms. The third-order valence-corrected chi connectivity index (χ3v) is 3.10. The number of hydrogen-bond donors (Lipinski definition) is 0. The summed E-state index contributed by atoms with van der Waals surface area (Å²) in [6, 6.07) is 0. The van der Waals surface area contributed by atoms with E-state index in [1.165, 1.54) is 49.4 Å². The van der Waals surface area contributed by atoms with E-state index in [9.17, 15) is 0 Å². The van der Waals surface area contributed by atoms with Crippen molar-refractivity contribution in [1.29, 1.82) is 0 Å². The first-order valence-electron chi connectivity index (χ1n) is 5.83. The van der Waals surface area contributed by atoms with E-state index in [2.05, 4.69) is 27.7 Å². The van der Waals surface area contributed by atoms with Gasteiger partial charge >= 0.3 is 0 Å². The van der Waals surface area contributed by atoms with E-state index in [1.807, 2.05) is 0 Å². The Labute approximate surface area is 99.9 Å². The molecule has 0 heterocycles. The Morgan fingerprint density at radius 3 is 0.600 bits per heavy atom. The molecule has 4 aliphatic rings. The summed E-state index contributed by atoms with van der Waals surface area (Å²) in [6.07, 6.45) is 5.28. The van der Waals surface area contributed by atoms with Crippen molar-refractivity contribution < 1.29 is 0 Å². The predicted molar refractivity (Wildman–Crippen MR) is 75.3 cm³/mol. The molecule has 0 radical (unpaired) electrons. The third kappa shape index (κ3) is 6.22. The maximum Gasteiger partial charge on any atom is -0.0312 e. The lowest BCUT2D eigenvalue weighted by atomic mass is 10.4. The molecule has 0 saturated heterocycles. The van der Waals surface area contributed by atoms with Crippen LogP contribution in [0.4, 0.5) is 0 Å². The second-order valence-corrected chi connectivity index (χ2v) is 4.31. The first-order chi connectivity index (χ1) is 5.83. The smallest absolute Gasteiger partial charge is 0.0312 e. The minimum atomic E-state index is 0. The monoisotopic (exact) mass is 216 g/mol. The van der Waals surface area contributed by atoms with Crippen LogP contribution in [0.3, 0.4) is 0 Å². The van der Waals surface area contributed by atoms with Crippen LogP contribution in [-0.4, -0.2) is 0 Å². The van der Waals surface area contributed by atoms with Crippen molar-refractivity contribution in [2.75, 3.05) is 0 Å². The van der Waals surface area contributed by atoms with Gasteiger partial charge in [-0.3, -0.25) is 0 Å². The Kier molecular flexibility index (Phi) is 12.6. The summed E-state index contributed by atoms with van der Waals surface area (Å²) in [5.74, 6) is 5.33. The lowest BCUT2D eigenvalue weighted by Gasteiger charge is -1.68. The van der Waals surface area contributed by atoms with Crippen LogP contribution in [0.5, 0.6) is 0 Å². The van der Waals surface area contributed by atoms with E-state index in [-0.39, 0.29) is 22.3 Å². The molecule has 96 valence electrons. The Hall–Kier alpha value is 0. The van der Waals surface area contributed by atoms with E-state index < -0.39 is 0 Å². The first kappa shape index (κ1) is 20.4. The maximum absolute atomic E-state index is 2.18. The fourth-order valence-corrected chi connectivity index (χ4v) is 1.10. The summed E-state index contributed by atoms with van der Waals surface area (Å²) in [5, 5.41) is 0. The quantitative estimate of drug-likeness (QED) is 0.530. The Balaban J connectivity index is -0.000000131. The average Bonchev–Trinajstić information content (AvgIpc) is 2.90. The van der Waals surface area contributed by atoms with Crippen molar-refractivity contribution >= 4 is 0 Å². The van der Waals surface area contributed by atoms with Crippen LogP contribution in [0, 0.1) is 23.7 Å². The molecule has 0 aromatic rings. The van der Waals surface area contributed by atoms with Gasteiger partial charge in [-0.05, 0) is 23.7 Å². The van der Waals surface area contributed by atoms with Gasteiger partial charge in [0.15, 0.2) is 0 Å². The topological polar surface area (TPSA) is 0 Å². The lowest BCUT2D eigenvalue weighted by Crippen LogP contribution is -1.47. The largest absolute Gasteiger partial charge is 0.0776 e. The highest BCUT2D eigenvalue weighted by atomic mass is 15.0. The predicted octanol–water partition coefficient (Wildman–Crippen LogP) is 6.01. The Bertz CT molecular complexity index is 77.0. The minimum Gasteiger partial charge on any atom is -0.0776 e. The van der Waals surface area contributed by atoms with E-state index in [4.69, 9.17) is 0 Å². The zero-order valence-corrected chi connectivity index (χ0v) is 9.14. The van der Waals surface area contributed by atoms with Crippen LogP contribution < -0.4 is 0 Å². The molecule has 0 spiro atoms. The van der Waals surface area contributed by atoms with Crippen molar-refractivity contribution in [3.05, 3.63) is 0 Å². The highest BCUT2D eigenvalue weighted by molar-refractivity contribution is 5.43. The molecule has 0 unspecified atom stereocenters. The third-order valence-electron chi connectivity index (χ3n) is 3.10. The van der Waals surface area contributed by atoms with Gasteiger partial charge in [0.25, 0.3) is 0 Å². The molecule has 4 rings (SSSR count). The molecule has 0 amide bonds. The second kappa shape index (κ2) is 9.24. The summed E-state index contributed by atoms with van der Waals surface area (Å²) in [7, 11) is 0. The number of rotatable bonds is 2. The van der Waals surface area contributed by atoms with E-state index in [1.54, 1.807) is 0 Å². The SMILES string of the molecule is C.C.C.C12C3C1C23.CCCC.CCCC. The van der Waals surface area contributed by atoms with Gasteiger partial charge in [0.1, 0.15) is 0 Å². The van der Waals surface area contributed by atoms with Gasteiger partial charge in [-0.25, -0.2) is 0 Å². The van der Waals surface area contributed by atoms with E-state index >= 15 is 0 Å². The van der Waals surface area contributed by atoms with Gasteiger partial charge in [0.2, 0.25) is 0 Å². The molecule has 0 nitrogen and oxygen atoms in total. The molecule has 0 heteroatoms. The summed E-state index contributed by atoms with van der Waals surface area (Å²) >= 11 is 0. The molecule has 0 aromatic heterocycles. The van der Waals surface area contributed by atoms with Crippen LogP contribution in [-0.2, 0) is 0 Å². The van der Waals surface area contributed by atoms with Crippen molar-refractivity contribution in [2.24, 2.45) is 23.7 Å². The standard InChI is InChI=1S/C4H4.2C4H10.3CH4/c1-2-3(1)4(1)2;2*1-3-4-2;;;/h1-4H;2*3-4H2,1-2H3;3*1H4. The van der Waals surface area contributed by atoms with Crippen molar-refractivity contribution in [2.45, 2.75) is 75.7 Å². The van der Waals surface area contributed by atoms with E-state index in [0.717, 1.165) is 0 Å². The zero-order valence-electron chi connectivity index (χ0n) is 9.14. The van der Waals surface area contributed by atoms with E-state index in [0.29, 0.717) is 0 Å². The highest BCUT2D eigenvalue weighted by Crippen LogP contribution is 3.00. The summed E-state index contributed by atoms with van der Waals surface area (Å²) in [4.78, 5) is 0. The summed E-state index contributed by atoms with van der Waals surface area (Å²) in [6.45, 7) is 8.72. The van der Waals surface area contributed by atoms with Gasteiger partial charge in [0, 0.05) is 0 Å². The van der Waals surface area contributed by atoms with Crippen molar-refractivity contribution in [3.63, 3.8) is 0 Å². The molecular weight excluding hydrogens is 180 g/mol. The lowest BCUT2D eigenvalue weighted by molar-refractivity contribution is 0.886. The number of unbranched alkanes of at least 4 members (excludes halogenated alkanes) is 2. The van der Waals surface area contributed by atoms with Gasteiger partial charge in [-0.1, -0.05) is 75.7 Å². The van der Waals surface area contributed by atoms with Crippen molar-refractivity contribution in [1.82, 2.24) is 0 Å². The van der Waals surface area contributed by atoms with Gasteiger partial charge in [-0.15, -0.1) is 0 Å². The van der Waals surface area contributed by atoms with Gasteiger partial charge in [0.05, 0.1) is 0 Å². The Morgan fingerprint density at radius 1 is 0.467 bits per heavy atom. The molecule has 4 aliphatic carbocycles. The van der Waals surface area contributed by atoms with Gasteiger partial charge < -0.3 is 0 Å². The normalized spacial score (nSPS) is 32.8. The summed E-state index contributed by atoms with van der Waals surface area (Å²) < 4.78 is 0. The molecule has 4 fully saturated rings. The van der Waals surface area contributed by atoms with Crippen LogP contribution in [0.1, 0.15) is 75.7 Å². The summed E-state index contributed by atoms with van der Waals surface area (Å²) in [5.41, 5.74) is 0. The number of hydrogen-bond acceptors (Lipinski definition) is 0. The van der Waals surface area contributed by atoms with Crippen LogP contribution in [0.25, 0.3) is 0 Å². The first-order valence-corrected chi connectivity index (χ1v) is 5.83. The molecule has 0 N–H and O–H groups in total. The van der Waals surface area contributed by atoms with Crippen molar-refractivity contribution in [3.8, 4) is 0 Å². The average molecular weight is 216 g/mol. The Morgan fingerprint density at radius 2 is 0.600 bits per heavy atom. The molecule has 0 aliphatic heterocycles. The fourth-order valence-electron chi connectivity index (χ4n) is 1.10. The van der Waals surface area contributed by atoms with Crippen LogP contribution >= 0.6 is 0 Å². The van der Waals surface area contributed by atoms with Crippen LogP contribution in [0.15, 0.2) is 0 Å². The highest BCUT2D eigenvalue weighted by Gasteiger charge is 2.97. The van der Waals surface area contributed by atoms with Crippen LogP contribution in [0.2, 0.25) is 0 Å². The maximum atomic E-state index is 2.18. The molecule has 15 heavy (non-hydrogen) atoms.